The number of halogens is 1. The van der Waals surface area contributed by atoms with Crippen LogP contribution in [0.1, 0.15) is 5.56 Å². The minimum absolute atomic E-state index is 0.0203. The van der Waals surface area contributed by atoms with Crippen LogP contribution < -0.4 is 10.6 Å². The van der Waals surface area contributed by atoms with Gasteiger partial charge < -0.3 is 15.7 Å². The first-order valence-electron chi connectivity index (χ1n) is 7.99. The van der Waals surface area contributed by atoms with Gasteiger partial charge in [0.25, 0.3) is 0 Å². The Labute approximate surface area is 155 Å². The van der Waals surface area contributed by atoms with E-state index in [0.29, 0.717) is 18.3 Å². The third-order valence-electron chi connectivity index (χ3n) is 3.72. The second-order valence-electron chi connectivity index (χ2n) is 5.52. The number of nitrogens with zero attached hydrogens (tertiary/aromatic N) is 2. The van der Waals surface area contributed by atoms with Gasteiger partial charge in [0.15, 0.2) is 0 Å². The molecule has 3 N–H and O–H groups in total. The molecule has 5 nitrogen and oxygen atoms in total. The van der Waals surface area contributed by atoms with Crippen molar-refractivity contribution in [2.24, 2.45) is 0 Å². The van der Waals surface area contributed by atoms with Crippen LogP contribution in [0.2, 0.25) is 0 Å². The lowest BCUT2D eigenvalue weighted by Gasteiger charge is -2.13. The third kappa shape index (κ3) is 4.35. The first-order valence-corrected chi connectivity index (χ1v) is 8.78. The van der Waals surface area contributed by atoms with Crippen molar-refractivity contribution >= 4 is 33.4 Å². The van der Waals surface area contributed by atoms with Crippen LogP contribution in [0.15, 0.2) is 59.1 Å². The summed E-state index contributed by atoms with van der Waals surface area (Å²) >= 11 is 3.55. The zero-order chi connectivity index (χ0) is 17.6. The average Bonchev–Trinajstić information content (AvgIpc) is 2.64. The summed E-state index contributed by atoms with van der Waals surface area (Å²) in [6.45, 7) is 2.46. The highest BCUT2D eigenvalue weighted by Gasteiger charge is 2.09. The molecule has 0 atom stereocenters. The van der Waals surface area contributed by atoms with Gasteiger partial charge in [-0.3, -0.25) is 0 Å². The Morgan fingerprint density at radius 3 is 2.60 bits per heavy atom. The topological polar surface area (TPSA) is 70.1 Å². The molecule has 128 valence electrons. The quantitative estimate of drug-likeness (QED) is 0.575. The summed E-state index contributed by atoms with van der Waals surface area (Å²) in [4.78, 5) is 9.04. The summed E-state index contributed by atoms with van der Waals surface area (Å²) in [5, 5.41) is 15.4. The number of nitrogens with one attached hydrogen (secondary N) is 2. The molecule has 3 rings (SSSR count). The largest absolute Gasteiger partial charge is 0.395 e. The van der Waals surface area contributed by atoms with Crippen molar-refractivity contribution in [1.29, 1.82) is 0 Å². The zero-order valence-electron chi connectivity index (χ0n) is 13.8. The molecule has 0 amide bonds. The molecule has 0 fully saturated rings. The molecule has 0 aliphatic rings. The van der Waals surface area contributed by atoms with Gasteiger partial charge in [-0.25, -0.2) is 4.98 Å². The number of hydrogen-bond acceptors (Lipinski definition) is 5. The molecular formula is C19H19BrN4O. The first-order chi connectivity index (χ1) is 12.2. The van der Waals surface area contributed by atoms with Crippen LogP contribution in [0, 0.1) is 6.92 Å². The van der Waals surface area contributed by atoms with E-state index in [1.165, 1.54) is 0 Å². The lowest BCUT2D eigenvalue weighted by Crippen LogP contribution is -2.10. The van der Waals surface area contributed by atoms with E-state index in [-0.39, 0.29) is 6.61 Å². The van der Waals surface area contributed by atoms with Gasteiger partial charge in [-0.05, 0) is 24.6 Å². The minimum atomic E-state index is 0.0203. The molecule has 0 saturated heterocycles. The van der Waals surface area contributed by atoms with Crippen LogP contribution >= 0.6 is 15.9 Å². The Kier molecular flexibility index (Phi) is 5.63. The highest BCUT2D eigenvalue weighted by atomic mass is 79.9. The molecule has 0 saturated carbocycles. The molecule has 0 bridgehead atoms. The Hall–Kier alpha value is -2.44. The maximum absolute atomic E-state index is 9.05. The zero-order valence-corrected chi connectivity index (χ0v) is 15.4. The Morgan fingerprint density at radius 2 is 1.84 bits per heavy atom. The summed E-state index contributed by atoms with van der Waals surface area (Å²) in [5.74, 6) is 1.17. The molecule has 0 aliphatic heterocycles. The molecule has 6 heteroatoms. The van der Waals surface area contributed by atoms with E-state index in [9.17, 15) is 0 Å². The van der Waals surface area contributed by atoms with Crippen molar-refractivity contribution in [2.75, 3.05) is 23.8 Å². The summed E-state index contributed by atoms with van der Waals surface area (Å²) in [5.41, 5.74) is 3.89. The van der Waals surface area contributed by atoms with Crippen LogP contribution in [-0.4, -0.2) is 28.2 Å². The van der Waals surface area contributed by atoms with Crippen LogP contribution in [0.3, 0.4) is 0 Å². The molecule has 0 aliphatic carbocycles. The minimum Gasteiger partial charge on any atom is -0.395 e. The first kappa shape index (κ1) is 17.4. The predicted molar refractivity (Wildman–Crippen MR) is 105 cm³/mol. The normalized spacial score (nSPS) is 10.5. The molecule has 2 aromatic carbocycles. The molecular weight excluding hydrogens is 380 g/mol. The second kappa shape index (κ2) is 8.09. The van der Waals surface area contributed by atoms with E-state index in [1.807, 2.05) is 61.5 Å². The number of aliphatic hydroxyl groups excluding tert-OH is 1. The van der Waals surface area contributed by atoms with Gasteiger partial charge in [0.1, 0.15) is 5.82 Å². The summed E-state index contributed by atoms with van der Waals surface area (Å²) in [7, 11) is 0. The highest BCUT2D eigenvalue weighted by molar-refractivity contribution is 9.10. The van der Waals surface area contributed by atoms with Gasteiger partial charge in [0.05, 0.1) is 12.3 Å². The Morgan fingerprint density at radius 1 is 1.04 bits per heavy atom. The van der Waals surface area contributed by atoms with Gasteiger partial charge in [0.2, 0.25) is 5.95 Å². The van der Waals surface area contributed by atoms with Crippen LogP contribution in [0.25, 0.3) is 11.3 Å². The smallest absolute Gasteiger partial charge is 0.225 e. The maximum Gasteiger partial charge on any atom is 0.225 e. The number of rotatable bonds is 6. The van der Waals surface area contributed by atoms with Gasteiger partial charge in [-0.1, -0.05) is 52.3 Å². The third-order valence-corrected chi connectivity index (χ3v) is 4.58. The molecule has 25 heavy (non-hydrogen) atoms. The molecule has 0 radical (unpaired) electrons. The molecule has 3 aromatic rings. The molecule has 0 unspecified atom stereocenters. The van der Waals surface area contributed by atoms with Gasteiger partial charge in [-0.2, -0.15) is 4.98 Å². The lowest BCUT2D eigenvalue weighted by atomic mass is 10.1. The van der Waals surface area contributed by atoms with Crippen molar-refractivity contribution in [1.82, 2.24) is 9.97 Å². The fourth-order valence-corrected chi connectivity index (χ4v) is 2.76. The number of benzene rings is 2. The summed E-state index contributed by atoms with van der Waals surface area (Å²) < 4.78 is 1.04. The van der Waals surface area contributed by atoms with Crippen molar-refractivity contribution in [3.05, 3.63) is 64.6 Å². The van der Waals surface area contributed by atoms with E-state index in [0.717, 1.165) is 27.0 Å². The summed E-state index contributed by atoms with van der Waals surface area (Å²) in [6.07, 6.45) is 0. The number of hydrogen-bond donors (Lipinski definition) is 3. The summed E-state index contributed by atoms with van der Waals surface area (Å²) in [6, 6.07) is 17.8. The Balaban J connectivity index is 1.98. The SMILES string of the molecule is Cc1c(Br)cccc1Nc1cc(-c2ccccc2)nc(NCCO)n1. The maximum atomic E-state index is 9.05. The van der Waals surface area contributed by atoms with Crippen molar-refractivity contribution in [3.63, 3.8) is 0 Å². The molecule has 1 heterocycles. The standard InChI is InChI=1S/C19H19BrN4O/c1-13-15(20)8-5-9-16(13)22-18-12-17(14-6-3-2-4-7-14)23-19(24-18)21-10-11-25/h2-9,12,25H,10-11H2,1H3,(H2,21,22,23,24). The van der Waals surface area contributed by atoms with E-state index in [4.69, 9.17) is 5.11 Å². The fraction of sp³-hybridized carbons (Fsp3) is 0.158. The number of anilines is 3. The molecule has 0 spiro atoms. The monoisotopic (exact) mass is 398 g/mol. The highest BCUT2D eigenvalue weighted by Crippen LogP contribution is 2.28. The molecule has 1 aromatic heterocycles. The van der Waals surface area contributed by atoms with Crippen LogP contribution in [0.5, 0.6) is 0 Å². The predicted octanol–water partition coefficient (Wildman–Crippen LogP) is 4.36. The fourth-order valence-electron chi connectivity index (χ4n) is 2.40. The van der Waals surface area contributed by atoms with Gasteiger partial charge >= 0.3 is 0 Å². The Bertz CT molecular complexity index is 855. The number of aromatic nitrogens is 2. The van der Waals surface area contributed by atoms with Gasteiger partial charge in [0, 0.05) is 28.3 Å². The second-order valence-corrected chi connectivity index (χ2v) is 6.37. The van der Waals surface area contributed by atoms with Gasteiger partial charge in [-0.15, -0.1) is 0 Å². The van der Waals surface area contributed by atoms with E-state index in [2.05, 4.69) is 36.5 Å². The van der Waals surface area contributed by atoms with Crippen LogP contribution in [0.4, 0.5) is 17.5 Å². The lowest BCUT2D eigenvalue weighted by molar-refractivity contribution is 0.311. The average molecular weight is 399 g/mol. The van der Waals surface area contributed by atoms with Crippen LogP contribution in [-0.2, 0) is 0 Å². The van der Waals surface area contributed by atoms with Crippen molar-refractivity contribution in [3.8, 4) is 11.3 Å². The van der Waals surface area contributed by atoms with E-state index < -0.39 is 0 Å². The van der Waals surface area contributed by atoms with E-state index >= 15 is 0 Å². The van der Waals surface area contributed by atoms with Crippen molar-refractivity contribution < 1.29 is 5.11 Å². The number of aliphatic hydroxyl groups is 1. The van der Waals surface area contributed by atoms with E-state index in [1.54, 1.807) is 0 Å². The van der Waals surface area contributed by atoms with Crippen molar-refractivity contribution in [2.45, 2.75) is 6.92 Å².